The number of nitrogens with one attached hydrogen (secondary N) is 2. The molecule has 0 saturated heterocycles. The molecule has 0 fully saturated rings. The van der Waals surface area contributed by atoms with Crippen molar-refractivity contribution >= 4 is 27.6 Å². The van der Waals surface area contributed by atoms with Crippen molar-refractivity contribution in [2.45, 2.75) is 13.3 Å². The molecule has 1 aromatic carbocycles. The fourth-order valence-electron chi connectivity index (χ4n) is 1.15. The van der Waals surface area contributed by atoms with Crippen LogP contribution in [0.25, 0.3) is 0 Å². The highest BCUT2D eigenvalue weighted by Crippen LogP contribution is 2.27. The van der Waals surface area contributed by atoms with Crippen LogP contribution in [0.2, 0.25) is 0 Å². The van der Waals surface area contributed by atoms with Gasteiger partial charge in [-0.3, -0.25) is 0 Å². The number of halogens is 1. The molecular formula is C11H15BrN2O2. The van der Waals surface area contributed by atoms with Crippen LogP contribution in [0.1, 0.15) is 13.3 Å². The molecule has 0 saturated carbocycles. The topological polar surface area (TPSA) is 50.4 Å². The van der Waals surface area contributed by atoms with Gasteiger partial charge in [0.25, 0.3) is 0 Å². The number of ether oxygens (including phenoxy) is 1. The van der Waals surface area contributed by atoms with E-state index in [0.717, 1.165) is 10.9 Å². The summed E-state index contributed by atoms with van der Waals surface area (Å²) >= 11 is 3.35. The highest BCUT2D eigenvalue weighted by Gasteiger charge is 2.04. The molecule has 0 aliphatic heterocycles. The van der Waals surface area contributed by atoms with Gasteiger partial charge in [0.15, 0.2) is 0 Å². The van der Waals surface area contributed by atoms with Gasteiger partial charge in [0, 0.05) is 18.3 Å². The quantitative estimate of drug-likeness (QED) is 0.894. The molecule has 1 rings (SSSR count). The van der Waals surface area contributed by atoms with Crippen molar-refractivity contribution in [3.05, 3.63) is 22.7 Å². The number of carbonyl (C=O) groups excluding carboxylic acids is 1. The maximum absolute atomic E-state index is 11.4. The van der Waals surface area contributed by atoms with Gasteiger partial charge in [0.1, 0.15) is 5.75 Å². The van der Waals surface area contributed by atoms with E-state index >= 15 is 0 Å². The Kier molecular flexibility index (Phi) is 5.11. The van der Waals surface area contributed by atoms with Crippen molar-refractivity contribution < 1.29 is 9.53 Å². The number of urea groups is 1. The standard InChI is InChI=1S/C11H15BrN2O2/c1-3-6-13-11(15)14-8-4-5-9(12)10(7-8)16-2/h4-5,7H,3,6H2,1-2H3,(H2,13,14,15). The maximum atomic E-state index is 11.4. The molecule has 0 spiro atoms. The average Bonchev–Trinajstić information content (AvgIpc) is 2.29. The third-order valence-electron chi connectivity index (χ3n) is 1.94. The second-order valence-electron chi connectivity index (χ2n) is 3.23. The molecule has 0 atom stereocenters. The highest BCUT2D eigenvalue weighted by atomic mass is 79.9. The minimum atomic E-state index is -0.203. The molecule has 4 nitrogen and oxygen atoms in total. The largest absolute Gasteiger partial charge is 0.495 e. The number of methoxy groups -OCH3 is 1. The zero-order valence-corrected chi connectivity index (χ0v) is 10.9. The van der Waals surface area contributed by atoms with Crippen LogP contribution in [0, 0.1) is 0 Å². The minimum Gasteiger partial charge on any atom is -0.495 e. The van der Waals surface area contributed by atoms with Crippen molar-refractivity contribution in [1.29, 1.82) is 0 Å². The molecule has 5 heteroatoms. The number of amides is 2. The number of rotatable bonds is 4. The molecule has 0 radical (unpaired) electrons. The summed E-state index contributed by atoms with van der Waals surface area (Å²) in [6.45, 7) is 2.67. The number of carbonyl (C=O) groups is 1. The fourth-order valence-corrected chi connectivity index (χ4v) is 1.56. The summed E-state index contributed by atoms with van der Waals surface area (Å²) in [4.78, 5) is 11.4. The maximum Gasteiger partial charge on any atom is 0.319 e. The zero-order valence-electron chi connectivity index (χ0n) is 9.34. The highest BCUT2D eigenvalue weighted by molar-refractivity contribution is 9.10. The summed E-state index contributed by atoms with van der Waals surface area (Å²) in [6, 6.07) is 5.19. The summed E-state index contributed by atoms with van der Waals surface area (Å²) in [5.41, 5.74) is 0.702. The molecule has 0 aromatic heterocycles. The van der Waals surface area contributed by atoms with Crippen molar-refractivity contribution in [2.75, 3.05) is 19.0 Å². The third-order valence-corrected chi connectivity index (χ3v) is 2.60. The van der Waals surface area contributed by atoms with Gasteiger partial charge in [0.05, 0.1) is 11.6 Å². The van der Waals surface area contributed by atoms with Gasteiger partial charge in [-0.05, 0) is 34.5 Å². The summed E-state index contributed by atoms with van der Waals surface area (Å²) in [6.07, 6.45) is 0.914. The normalized spacial score (nSPS) is 9.69. The summed E-state index contributed by atoms with van der Waals surface area (Å²) < 4.78 is 5.99. The van der Waals surface area contributed by atoms with Gasteiger partial charge in [-0.15, -0.1) is 0 Å². The molecule has 0 unspecified atom stereocenters. The average molecular weight is 287 g/mol. The van der Waals surface area contributed by atoms with E-state index in [-0.39, 0.29) is 6.03 Å². The predicted molar refractivity (Wildman–Crippen MR) is 68.0 cm³/mol. The van der Waals surface area contributed by atoms with Gasteiger partial charge in [-0.2, -0.15) is 0 Å². The van der Waals surface area contributed by atoms with Crippen molar-refractivity contribution in [2.24, 2.45) is 0 Å². The second kappa shape index (κ2) is 6.37. The molecular weight excluding hydrogens is 272 g/mol. The van der Waals surface area contributed by atoms with Crippen molar-refractivity contribution in [1.82, 2.24) is 5.32 Å². The first-order chi connectivity index (χ1) is 7.67. The molecule has 2 N–H and O–H groups in total. The van der Waals surface area contributed by atoms with Crippen LogP contribution in [0.4, 0.5) is 10.5 Å². The molecule has 1 aromatic rings. The molecule has 2 amide bonds. The lowest BCUT2D eigenvalue weighted by molar-refractivity contribution is 0.252. The lowest BCUT2D eigenvalue weighted by Gasteiger charge is -2.09. The Balaban J connectivity index is 2.63. The van der Waals surface area contributed by atoms with E-state index in [1.807, 2.05) is 13.0 Å². The second-order valence-corrected chi connectivity index (χ2v) is 4.08. The zero-order chi connectivity index (χ0) is 12.0. The van der Waals surface area contributed by atoms with Crippen LogP contribution in [0.15, 0.2) is 22.7 Å². The van der Waals surface area contributed by atoms with E-state index in [2.05, 4.69) is 26.6 Å². The fraction of sp³-hybridized carbons (Fsp3) is 0.364. The third kappa shape index (κ3) is 3.73. The van der Waals surface area contributed by atoms with Crippen molar-refractivity contribution in [3.8, 4) is 5.75 Å². The van der Waals surface area contributed by atoms with Gasteiger partial charge in [-0.1, -0.05) is 6.92 Å². The van der Waals surface area contributed by atoms with Crippen LogP contribution in [0.5, 0.6) is 5.75 Å². The molecule has 0 bridgehead atoms. The van der Waals surface area contributed by atoms with Crippen LogP contribution in [-0.4, -0.2) is 19.7 Å². The van der Waals surface area contributed by atoms with E-state index in [1.165, 1.54) is 0 Å². The van der Waals surface area contributed by atoms with Gasteiger partial charge in [-0.25, -0.2) is 4.79 Å². The Morgan fingerprint density at radius 1 is 1.50 bits per heavy atom. The number of benzene rings is 1. The monoisotopic (exact) mass is 286 g/mol. The van der Waals surface area contributed by atoms with Crippen LogP contribution < -0.4 is 15.4 Å². The molecule has 0 aliphatic rings. The summed E-state index contributed by atoms with van der Waals surface area (Å²) in [5.74, 6) is 0.688. The Bertz CT molecular complexity index is 369. The Labute approximate surface area is 103 Å². The first kappa shape index (κ1) is 12.8. The van der Waals surface area contributed by atoms with E-state index in [0.29, 0.717) is 18.0 Å². The van der Waals surface area contributed by atoms with Gasteiger partial charge in [0.2, 0.25) is 0 Å². The van der Waals surface area contributed by atoms with Crippen molar-refractivity contribution in [3.63, 3.8) is 0 Å². The predicted octanol–water partition coefficient (Wildman–Crippen LogP) is 2.99. The first-order valence-corrected chi connectivity index (χ1v) is 5.85. The van der Waals surface area contributed by atoms with Crippen LogP contribution in [-0.2, 0) is 0 Å². The summed E-state index contributed by atoms with van der Waals surface area (Å²) in [5, 5.41) is 5.46. The Morgan fingerprint density at radius 3 is 2.88 bits per heavy atom. The number of anilines is 1. The molecule has 0 aliphatic carbocycles. The molecule has 88 valence electrons. The lowest BCUT2D eigenvalue weighted by Crippen LogP contribution is -2.29. The molecule has 0 heterocycles. The van der Waals surface area contributed by atoms with E-state index in [4.69, 9.17) is 4.74 Å². The van der Waals surface area contributed by atoms with E-state index in [1.54, 1.807) is 19.2 Å². The van der Waals surface area contributed by atoms with Crippen LogP contribution >= 0.6 is 15.9 Å². The Hall–Kier alpha value is -1.23. The smallest absolute Gasteiger partial charge is 0.319 e. The van der Waals surface area contributed by atoms with Gasteiger partial charge >= 0.3 is 6.03 Å². The first-order valence-electron chi connectivity index (χ1n) is 5.05. The van der Waals surface area contributed by atoms with E-state index in [9.17, 15) is 4.79 Å². The van der Waals surface area contributed by atoms with E-state index < -0.39 is 0 Å². The SMILES string of the molecule is CCCNC(=O)Nc1ccc(Br)c(OC)c1. The van der Waals surface area contributed by atoms with Crippen LogP contribution in [0.3, 0.4) is 0 Å². The lowest BCUT2D eigenvalue weighted by atomic mass is 10.3. The summed E-state index contributed by atoms with van der Waals surface area (Å²) in [7, 11) is 1.58. The number of hydrogen-bond donors (Lipinski definition) is 2. The minimum absolute atomic E-state index is 0.203. The molecule has 16 heavy (non-hydrogen) atoms. The number of hydrogen-bond acceptors (Lipinski definition) is 2. The van der Waals surface area contributed by atoms with Gasteiger partial charge < -0.3 is 15.4 Å². The Morgan fingerprint density at radius 2 is 2.25 bits per heavy atom.